The Kier molecular flexibility index (Phi) is 24.3. The van der Waals surface area contributed by atoms with E-state index in [9.17, 15) is 73.9 Å². The number of halogens is 2. The molecule has 30 nitrogen and oxygen atoms in total. The van der Waals surface area contributed by atoms with Crippen LogP contribution in [0.3, 0.4) is 0 Å². The van der Waals surface area contributed by atoms with Gasteiger partial charge in [0.2, 0.25) is 11.8 Å². The quantitative estimate of drug-likeness (QED) is 0.0275. The van der Waals surface area contributed by atoms with E-state index in [2.05, 4.69) is 31.3 Å². The van der Waals surface area contributed by atoms with Crippen LogP contribution >= 0.6 is 0 Å². The predicted molar refractivity (Wildman–Crippen MR) is 337 cm³/mol. The van der Waals surface area contributed by atoms with Crippen molar-refractivity contribution >= 4 is 23.7 Å². The highest BCUT2D eigenvalue weighted by Crippen LogP contribution is 2.42. The second-order valence-electron chi connectivity index (χ2n) is 26.2. The van der Waals surface area contributed by atoms with E-state index in [1.807, 2.05) is 13.8 Å². The molecule has 0 radical (unpaired) electrons. The zero-order chi connectivity index (χ0) is 70.3. The molecule has 2 saturated carbocycles. The van der Waals surface area contributed by atoms with Crippen LogP contribution in [-0.4, -0.2) is 260 Å². The molecule has 6 aliphatic rings. The number of likely N-dealkylation sites (tertiary alicyclic amines) is 1. The summed E-state index contributed by atoms with van der Waals surface area (Å²) < 4.78 is 81.7. The minimum Gasteiger partial charge on any atom is -0.450 e. The highest BCUT2D eigenvalue weighted by atomic mass is 19.1. The third-order valence-electron chi connectivity index (χ3n) is 19.6. The maximum Gasteiger partial charge on any atom is 0.338 e. The number of carbonyl (C=O) groups is 4. The number of ether oxygens (including phenoxy) is 8. The van der Waals surface area contributed by atoms with Crippen molar-refractivity contribution < 1.29 is 112 Å². The van der Waals surface area contributed by atoms with Gasteiger partial charge in [-0.1, -0.05) is 79.6 Å². The number of aliphatic hydroxyl groups excluding tert-OH is 9. The molecule has 0 bridgehead atoms. The van der Waals surface area contributed by atoms with Crippen molar-refractivity contribution in [3.05, 3.63) is 108 Å². The summed E-state index contributed by atoms with van der Waals surface area (Å²) in [6.45, 7) is 4.25. The number of esters is 1. The van der Waals surface area contributed by atoms with E-state index in [-0.39, 0.29) is 68.1 Å². The molecule has 6 fully saturated rings. The van der Waals surface area contributed by atoms with E-state index in [1.165, 1.54) is 72.5 Å². The van der Waals surface area contributed by atoms with Gasteiger partial charge in [-0.2, -0.15) is 0 Å². The van der Waals surface area contributed by atoms with Gasteiger partial charge in [-0.05, 0) is 87.8 Å². The van der Waals surface area contributed by atoms with Gasteiger partial charge in [-0.15, -0.1) is 10.2 Å². The summed E-state index contributed by atoms with van der Waals surface area (Å²) in [5.41, 5.74) is 1.22. The molecule has 2 aromatic heterocycles. The molecule has 4 saturated heterocycles. The largest absolute Gasteiger partial charge is 0.450 e. The topological polar surface area (TPSA) is 413 Å². The van der Waals surface area contributed by atoms with E-state index in [4.69, 9.17) is 37.9 Å². The Morgan fingerprint density at radius 3 is 1.81 bits per heavy atom. The minimum atomic E-state index is -1.77. The van der Waals surface area contributed by atoms with Gasteiger partial charge in [0.25, 0.3) is 5.91 Å². The summed E-state index contributed by atoms with van der Waals surface area (Å²) in [7, 11) is 0. The number of nitrogens with zero attached hydrogens (tertiary/aromatic N) is 7. The first-order valence-electron chi connectivity index (χ1n) is 33.7. The van der Waals surface area contributed by atoms with Crippen molar-refractivity contribution in [2.45, 2.75) is 201 Å². The van der Waals surface area contributed by atoms with Crippen LogP contribution in [0, 0.1) is 29.4 Å². The molecule has 540 valence electrons. The first-order chi connectivity index (χ1) is 47.7. The average Bonchev–Trinajstić information content (AvgIpc) is 1.75. The van der Waals surface area contributed by atoms with Crippen LogP contribution in [0.25, 0.3) is 22.5 Å². The van der Waals surface area contributed by atoms with Crippen LogP contribution in [0.15, 0.2) is 91.3 Å². The molecule has 3 aromatic carbocycles. The molecular weight excluding hydrogens is 1300 g/mol. The van der Waals surface area contributed by atoms with Crippen molar-refractivity contribution in [3.8, 4) is 22.5 Å². The van der Waals surface area contributed by atoms with Gasteiger partial charge in [0.05, 0.1) is 61.6 Å². The molecule has 11 N–H and O–H groups in total. The van der Waals surface area contributed by atoms with Crippen LogP contribution in [0.5, 0.6) is 0 Å². The van der Waals surface area contributed by atoms with Crippen molar-refractivity contribution in [3.63, 3.8) is 0 Å². The van der Waals surface area contributed by atoms with Crippen LogP contribution in [0.2, 0.25) is 0 Å². The second-order valence-corrected chi connectivity index (χ2v) is 26.2. The first kappa shape index (κ1) is 73.3. The Morgan fingerprint density at radius 1 is 0.616 bits per heavy atom. The molecule has 15 unspecified atom stereocenters. The molecule has 3 amide bonds. The molecule has 99 heavy (non-hydrogen) atoms. The Bertz CT molecular complexity index is 3510. The number of aliphatic hydroxyl groups is 9. The van der Waals surface area contributed by atoms with E-state index >= 15 is 0 Å². The zero-order valence-electron chi connectivity index (χ0n) is 54.7. The fourth-order valence-electron chi connectivity index (χ4n) is 13.9. The molecule has 6 heterocycles. The van der Waals surface area contributed by atoms with Crippen LogP contribution < -0.4 is 10.6 Å². The number of aromatic nitrogens is 6. The summed E-state index contributed by atoms with van der Waals surface area (Å²) >= 11 is 0. The lowest BCUT2D eigenvalue weighted by Crippen LogP contribution is -2.64. The van der Waals surface area contributed by atoms with Gasteiger partial charge >= 0.3 is 5.97 Å². The fourth-order valence-corrected chi connectivity index (χ4v) is 13.9. The molecule has 11 rings (SSSR count). The molecular formula is C67H87F2N9O21. The van der Waals surface area contributed by atoms with Crippen molar-refractivity contribution in [2.75, 3.05) is 39.4 Å². The van der Waals surface area contributed by atoms with E-state index in [1.54, 1.807) is 35.2 Å². The molecule has 5 aromatic rings. The highest BCUT2D eigenvalue weighted by molar-refractivity contribution is 5.89. The molecule has 0 spiro atoms. The number of amides is 3. The van der Waals surface area contributed by atoms with Gasteiger partial charge in [-0.3, -0.25) is 14.4 Å². The molecule has 2 aliphatic carbocycles. The summed E-state index contributed by atoms with van der Waals surface area (Å²) in [6.07, 6.45) is -24.1. The standard InChI is InChI=1S/C67H87F2N9O21/c1-4-12-45(63(90)76-21-11-22-76)93-59-54(84)49(32-80)97-67(60(59)98-64(91)35-13-7-6-8-14-35)95-47-28-38(23-34(5-2)58(47)99-66-57(87)56(86)51(81)33(3)92-66)61(88)70-19-20-71-62(89)39-26-44(77-29-42(72-74-77)36-15-9-17-40(68)24-36)52(82)46(27-39)94-65-55(85)50(53(83)48(31-79)96-65)78-30-43(73-75-78)37-16-10-18-41(69)25-37/h6-10,13-18,24-25,29-30,33-34,38-39,44-60,65-67,79-87H,4-5,11-12,19-23,26-28,31-32H2,1-3H3,(H,70,88)(H,71,89)/t33?,34?,38?,39?,44?,45-,46+,47+,48?,49?,50?,51+,52?,53-,54-,55?,56?,57?,58?,59?,60?,65+,66-,67+/m0/s1. The van der Waals surface area contributed by atoms with Gasteiger partial charge < -0.3 is 99.4 Å². The summed E-state index contributed by atoms with van der Waals surface area (Å²) in [5, 5.41) is 124. The van der Waals surface area contributed by atoms with Crippen molar-refractivity contribution in [2.24, 2.45) is 17.8 Å². The third-order valence-corrected chi connectivity index (χ3v) is 19.6. The van der Waals surface area contributed by atoms with Gasteiger partial charge in [0.1, 0.15) is 96.2 Å². The third kappa shape index (κ3) is 16.5. The summed E-state index contributed by atoms with van der Waals surface area (Å²) in [6, 6.07) is 16.5. The number of benzene rings is 3. The Hall–Kier alpha value is -6.96. The van der Waals surface area contributed by atoms with E-state index in [0.29, 0.717) is 37.1 Å². The lowest BCUT2D eigenvalue weighted by molar-refractivity contribution is -0.349. The van der Waals surface area contributed by atoms with Crippen LogP contribution in [-0.2, 0) is 52.3 Å². The monoisotopic (exact) mass is 1390 g/mol. The van der Waals surface area contributed by atoms with Gasteiger partial charge in [0, 0.05) is 49.1 Å². The normalized spacial score (nSPS) is 34.4. The molecule has 32 heteroatoms. The smallest absolute Gasteiger partial charge is 0.338 e. The van der Waals surface area contributed by atoms with Crippen molar-refractivity contribution in [1.82, 2.24) is 45.5 Å². The molecule has 24 atom stereocenters. The number of hydrogen-bond donors (Lipinski definition) is 11. The maximum absolute atomic E-state index is 14.6. The van der Waals surface area contributed by atoms with Crippen LogP contribution in [0.1, 0.15) is 94.6 Å². The number of nitrogens with one attached hydrogen (secondary N) is 2. The lowest BCUT2D eigenvalue weighted by Gasteiger charge is -2.49. The summed E-state index contributed by atoms with van der Waals surface area (Å²) in [4.78, 5) is 58.8. The zero-order valence-corrected chi connectivity index (χ0v) is 54.7. The number of rotatable bonds is 25. The lowest BCUT2D eigenvalue weighted by atomic mass is 9.75. The SMILES string of the molecule is CCC[C@H](OC1C(OC(=O)c2ccccc2)[C@H](O[C@@H]2CC(C(=O)NCCNC(=O)C3CC(n4cc(-c5cccc(F)c5)nn4)C(O)[C@H](O[C@@H]4OC(CO)[C@H](O)C(n5cc(-c6cccc(F)c6)nn5)C4O)C3)CC(CC)C2O[C@@H]2OC(C)[C@@H](O)C(O)C2O)OC(CO)[C@@H]1O)C(=O)N1CCC1. The maximum atomic E-state index is 14.6. The Morgan fingerprint density at radius 2 is 1.20 bits per heavy atom. The Labute approximate surface area is 568 Å². The average molecular weight is 1390 g/mol. The van der Waals surface area contributed by atoms with Crippen molar-refractivity contribution in [1.29, 1.82) is 0 Å². The van der Waals surface area contributed by atoms with E-state index in [0.717, 1.165) is 11.1 Å². The fraction of sp³-hybridized carbons (Fsp3) is 0.612. The number of hydrogen-bond acceptors (Lipinski definition) is 25. The van der Waals surface area contributed by atoms with Gasteiger partial charge in [0.15, 0.2) is 25.0 Å². The number of carbonyl (C=O) groups excluding carboxylic acids is 4. The van der Waals surface area contributed by atoms with E-state index < -0.39 is 189 Å². The predicted octanol–water partition coefficient (Wildman–Crippen LogP) is 0.216. The second kappa shape index (κ2) is 32.8. The van der Waals surface area contributed by atoms with Crippen LogP contribution in [0.4, 0.5) is 8.78 Å². The minimum absolute atomic E-state index is 0.0773. The Balaban J connectivity index is 0.817. The molecule has 4 aliphatic heterocycles. The summed E-state index contributed by atoms with van der Waals surface area (Å²) in [5.74, 6) is -5.91. The highest BCUT2D eigenvalue weighted by Gasteiger charge is 2.55. The first-order valence-corrected chi connectivity index (χ1v) is 33.7. The van der Waals surface area contributed by atoms with Gasteiger partial charge in [-0.25, -0.2) is 22.9 Å².